The lowest BCUT2D eigenvalue weighted by Crippen LogP contribution is -2.36. The van der Waals surface area contributed by atoms with Crippen LogP contribution in [0.25, 0.3) is 11.0 Å². The van der Waals surface area contributed by atoms with Crippen LogP contribution in [0, 0.1) is 13.8 Å². The summed E-state index contributed by atoms with van der Waals surface area (Å²) < 4.78 is 38.8. The number of hydrogen-bond donors (Lipinski definition) is 1. The van der Waals surface area contributed by atoms with Crippen molar-refractivity contribution in [2.45, 2.75) is 38.0 Å². The molecule has 0 atom stereocenters. The number of carbonyl (C=O) groups excluding carboxylic acids is 1. The molecule has 0 unspecified atom stereocenters. The lowest BCUT2D eigenvalue weighted by Gasteiger charge is -2.26. The second kappa shape index (κ2) is 8.36. The van der Waals surface area contributed by atoms with Crippen LogP contribution >= 0.6 is 0 Å². The number of nitrogens with zero attached hydrogens (tertiary/aromatic N) is 1. The highest BCUT2D eigenvalue weighted by atomic mass is 32.2. The van der Waals surface area contributed by atoms with Gasteiger partial charge in [0, 0.05) is 29.7 Å². The van der Waals surface area contributed by atoms with Crippen molar-refractivity contribution < 1.29 is 22.4 Å². The van der Waals surface area contributed by atoms with Crippen molar-refractivity contribution in [3.05, 3.63) is 53.3 Å². The molecule has 1 fully saturated rings. The van der Waals surface area contributed by atoms with Gasteiger partial charge < -0.3 is 14.5 Å². The van der Waals surface area contributed by atoms with Crippen LogP contribution in [0.3, 0.4) is 0 Å². The van der Waals surface area contributed by atoms with Crippen LogP contribution in [0.1, 0.15) is 40.9 Å². The summed E-state index contributed by atoms with van der Waals surface area (Å²) in [6.45, 7) is 4.63. The lowest BCUT2D eigenvalue weighted by atomic mass is 10.1. The molecule has 2 aromatic carbocycles. The Morgan fingerprint density at radius 1 is 1.06 bits per heavy atom. The highest BCUT2D eigenvalue weighted by molar-refractivity contribution is 7.89. The number of rotatable bonds is 5. The molecule has 0 bridgehead atoms. The average molecular weight is 443 g/mol. The Bertz CT molecular complexity index is 1240. The number of furan rings is 1. The summed E-state index contributed by atoms with van der Waals surface area (Å²) in [5.74, 6) is 0.427. The molecular formula is C23H26N2O5S. The molecule has 0 spiro atoms. The summed E-state index contributed by atoms with van der Waals surface area (Å²) in [5, 5.41) is 3.58. The van der Waals surface area contributed by atoms with E-state index in [0.717, 1.165) is 24.6 Å². The Balaban J connectivity index is 1.63. The number of ether oxygens (including phenoxy) is 1. The SMILES string of the molecule is COc1ccc2oc(C(=O)Nc3ccc(C)c(S(=O)(=O)N4CCCCC4)c3)c(C)c2c1. The van der Waals surface area contributed by atoms with Crippen molar-refractivity contribution in [2.75, 3.05) is 25.5 Å². The molecule has 1 saturated heterocycles. The predicted molar refractivity (Wildman–Crippen MR) is 119 cm³/mol. The number of fused-ring (bicyclic) bond motifs is 1. The smallest absolute Gasteiger partial charge is 0.291 e. The van der Waals surface area contributed by atoms with Crippen LogP contribution in [-0.4, -0.2) is 38.8 Å². The minimum Gasteiger partial charge on any atom is -0.497 e. The van der Waals surface area contributed by atoms with Gasteiger partial charge in [-0.3, -0.25) is 4.79 Å². The van der Waals surface area contributed by atoms with Crippen molar-refractivity contribution in [3.63, 3.8) is 0 Å². The monoisotopic (exact) mass is 442 g/mol. The molecule has 2 heterocycles. The minimum absolute atomic E-state index is 0.185. The molecule has 1 aliphatic rings. The van der Waals surface area contributed by atoms with Gasteiger partial charge in [0.1, 0.15) is 11.3 Å². The van der Waals surface area contributed by atoms with Crippen LogP contribution in [-0.2, 0) is 10.0 Å². The molecule has 3 aromatic rings. The number of benzene rings is 2. The highest BCUT2D eigenvalue weighted by Crippen LogP contribution is 2.30. The first-order valence-corrected chi connectivity index (χ1v) is 11.7. The summed E-state index contributed by atoms with van der Waals surface area (Å²) in [7, 11) is -2.03. The number of anilines is 1. The van der Waals surface area contributed by atoms with Gasteiger partial charge in [0.25, 0.3) is 5.91 Å². The van der Waals surface area contributed by atoms with E-state index in [2.05, 4.69) is 5.32 Å². The van der Waals surface area contributed by atoms with E-state index in [-0.39, 0.29) is 10.7 Å². The highest BCUT2D eigenvalue weighted by Gasteiger charge is 2.28. The Morgan fingerprint density at radius 2 is 1.81 bits per heavy atom. The fourth-order valence-electron chi connectivity index (χ4n) is 3.93. The summed E-state index contributed by atoms with van der Waals surface area (Å²) in [6, 6.07) is 10.3. The largest absolute Gasteiger partial charge is 0.497 e. The van der Waals surface area contributed by atoms with Crippen LogP contribution in [0.5, 0.6) is 5.75 Å². The summed E-state index contributed by atoms with van der Waals surface area (Å²) in [6.07, 6.45) is 2.78. The molecule has 1 aromatic heterocycles. The average Bonchev–Trinajstić information content (AvgIpc) is 3.11. The maximum atomic E-state index is 13.1. The first-order chi connectivity index (χ1) is 14.8. The fourth-order valence-corrected chi connectivity index (χ4v) is 5.70. The molecule has 1 N–H and O–H groups in total. The summed E-state index contributed by atoms with van der Waals surface area (Å²) >= 11 is 0. The number of carbonyl (C=O) groups is 1. The Morgan fingerprint density at radius 3 is 2.52 bits per heavy atom. The fraction of sp³-hybridized carbons (Fsp3) is 0.348. The van der Waals surface area contributed by atoms with E-state index in [1.54, 1.807) is 38.3 Å². The van der Waals surface area contributed by atoms with E-state index in [0.29, 0.717) is 41.2 Å². The first kappa shape index (κ1) is 21.4. The number of piperidine rings is 1. The number of hydrogen-bond acceptors (Lipinski definition) is 5. The topological polar surface area (TPSA) is 88.8 Å². The van der Waals surface area contributed by atoms with Crippen LogP contribution in [0.2, 0.25) is 0 Å². The number of nitrogens with one attached hydrogen (secondary N) is 1. The van der Waals surface area contributed by atoms with Gasteiger partial charge in [-0.2, -0.15) is 4.31 Å². The van der Waals surface area contributed by atoms with Gasteiger partial charge in [-0.1, -0.05) is 12.5 Å². The van der Waals surface area contributed by atoms with E-state index in [1.165, 1.54) is 10.4 Å². The molecule has 164 valence electrons. The van der Waals surface area contributed by atoms with Gasteiger partial charge in [-0.25, -0.2) is 8.42 Å². The third-order valence-electron chi connectivity index (χ3n) is 5.73. The molecule has 0 radical (unpaired) electrons. The maximum Gasteiger partial charge on any atom is 0.291 e. The molecule has 0 aliphatic carbocycles. The number of aryl methyl sites for hydroxylation is 2. The van der Waals surface area contributed by atoms with E-state index >= 15 is 0 Å². The van der Waals surface area contributed by atoms with E-state index in [4.69, 9.17) is 9.15 Å². The minimum atomic E-state index is -3.61. The lowest BCUT2D eigenvalue weighted by molar-refractivity contribution is 0.0998. The third kappa shape index (κ3) is 4.05. The van der Waals surface area contributed by atoms with Gasteiger partial charge in [-0.15, -0.1) is 0 Å². The van der Waals surface area contributed by atoms with Crippen molar-refractivity contribution >= 4 is 32.6 Å². The first-order valence-electron chi connectivity index (χ1n) is 10.3. The van der Waals surface area contributed by atoms with E-state index in [1.807, 2.05) is 13.0 Å². The standard InChI is InChI=1S/C23H26N2O5S/c1-15-7-8-17(13-21(15)31(27,28)25-11-5-4-6-12-25)24-23(26)22-16(2)19-14-18(29-3)9-10-20(19)30-22/h7-10,13-14H,4-6,11-12H2,1-3H3,(H,24,26). The molecule has 7 nitrogen and oxygen atoms in total. The number of methoxy groups -OCH3 is 1. The molecule has 8 heteroatoms. The normalized spacial score (nSPS) is 15.2. The van der Waals surface area contributed by atoms with Crippen LogP contribution in [0.15, 0.2) is 45.7 Å². The molecular weight excluding hydrogens is 416 g/mol. The third-order valence-corrected chi connectivity index (χ3v) is 7.77. The second-order valence-corrected chi connectivity index (χ2v) is 9.72. The Hall–Kier alpha value is -2.84. The van der Waals surface area contributed by atoms with Gasteiger partial charge >= 0.3 is 0 Å². The zero-order valence-corrected chi connectivity index (χ0v) is 18.7. The van der Waals surface area contributed by atoms with Gasteiger partial charge in [-0.05, 0) is 62.6 Å². The van der Waals surface area contributed by atoms with E-state index in [9.17, 15) is 13.2 Å². The molecule has 31 heavy (non-hydrogen) atoms. The van der Waals surface area contributed by atoms with Crippen LogP contribution in [0.4, 0.5) is 5.69 Å². The summed E-state index contributed by atoms with van der Waals surface area (Å²) in [4.78, 5) is 13.1. The van der Waals surface area contributed by atoms with E-state index < -0.39 is 15.9 Å². The molecule has 1 aliphatic heterocycles. The van der Waals surface area contributed by atoms with Crippen molar-refractivity contribution in [3.8, 4) is 5.75 Å². The zero-order chi connectivity index (χ0) is 22.2. The zero-order valence-electron chi connectivity index (χ0n) is 17.9. The molecule has 1 amide bonds. The quantitative estimate of drug-likeness (QED) is 0.629. The Labute approximate surface area is 182 Å². The van der Waals surface area contributed by atoms with Gasteiger partial charge in [0.05, 0.1) is 12.0 Å². The molecule has 0 saturated carbocycles. The predicted octanol–water partition coefficient (Wildman–Crippen LogP) is 4.49. The second-order valence-electron chi connectivity index (χ2n) is 7.82. The number of amides is 1. The van der Waals surface area contributed by atoms with Crippen molar-refractivity contribution in [2.24, 2.45) is 0 Å². The Kier molecular flexibility index (Phi) is 5.77. The van der Waals surface area contributed by atoms with Crippen molar-refractivity contribution in [1.29, 1.82) is 0 Å². The van der Waals surface area contributed by atoms with Crippen LogP contribution < -0.4 is 10.1 Å². The summed E-state index contributed by atoms with van der Waals surface area (Å²) in [5.41, 5.74) is 2.33. The molecule has 4 rings (SSSR count). The van der Waals surface area contributed by atoms with Crippen molar-refractivity contribution in [1.82, 2.24) is 4.31 Å². The van der Waals surface area contributed by atoms with Gasteiger partial charge in [0.15, 0.2) is 5.76 Å². The van der Waals surface area contributed by atoms with Gasteiger partial charge in [0.2, 0.25) is 10.0 Å². The maximum absolute atomic E-state index is 13.1. The number of sulfonamides is 1.